The minimum Gasteiger partial charge on any atom is -0.399 e. The van der Waals surface area contributed by atoms with Crippen LogP contribution >= 0.6 is 15.9 Å². The molecule has 2 aliphatic rings. The first kappa shape index (κ1) is 24.7. The Hall–Kier alpha value is -1.90. The molecule has 1 fully saturated rings. The van der Waals surface area contributed by atoms with Crippen LogP contribution in [0.1, 0.15) is 57.7 Å². The monoisotopic (exact) mass is 504 g/mol. The Morgan fingerprint density at radius 1 is 1.06 bits per heavy atom. The molecular formula is C24H28BBrF2N2O2. The SMILES string of the molecule is CC1(C)OB(c2ccc(C3CCC(c4c(F)cccc4F)=N3)cc2)OC1(C)C.N=CCBr. The van der Waals surface area contributed by atoms with Crippen LogP contribution in [0, 0.1) is 17.0 Å². The third-order valence-electron chi connectivity index (χ3n) is 6.14. The molecule has 0 aromatic heterocycles. The molecule has 8 heteroatoms. The zero-order chi connectivity index (χ0) is 23.5. The van der Waals surface area contributed by atoms with Crippen molar-refractivity contribution in [3.63, 3.8) is 0 Å². The van der Waals surface area contributed by atoms with Crippen molar-refractivity contribution in [2.75, 3.05) is 5.33 Å². The van der Waals surface area contributed by atoms with Gasteiger partial charge in [-0.3, -0.25) is 4.99 Å². The van der Waals surface area contributed by atoms with E-state index in [1.165, 1.54) is 24.4 Å². The van der Waals surface area contributed by atoms with Crippen molar-refractivity contribution < 1.29 is 18.1 Å². The molecule has 2 aliphatic heterocycles. The quantitative estimate of drug-likeness (QED) is 0.334. The number of nitrogens with one attached hydrogen (secondary N) is 1. The molecule has 0 radical (unpaired) electrons. The molecule has 1 saturated heterocycles. The summed E-state index contributed by atoms with van der Waals surface area (Å²) >= 11 is 3.01. The van der Waals surface area contributed by atoms with Gasteiger partial charge in [0.05, 0.1) is 22.8 Å². The second-order valence-electron chi connectivity index (χ2n) is 8.84. The van der Waals surface area contributed by atoms with Gasteiger partial charge in [0.15, 0.2) is 0 Å². The summed E-state index contributed by atoms with van der Waals surface area (Å²) in [5.74, 6) is -1.12. The predicted molar refractivity (Wildman–Crippen MR) is 130 cm³/mol. The van der Waals surface area contributed by atoms with Crippen LogP contribution in [0.25, 0.3) is 0 Å². The Morgan fingerprint density at radius 2 is 1.59 bits per heavy atom. The minimum absolute atomic E-state index is 0.00108. The summed E-state index contributed by atoms with van der Waals surface area (Å²) in [5.41, 5.74) is 1.70. The lowest BCUT2D eigenvalue weighted by atomic mass is 9.78. The van der Waals surface area contributed by atoms with Gasteiger partial charge in [-0.05, 0) is 63.7 Å². The normalized spacial score (nSPS) is 21.0. The molecule has 1 atom stereocenters. The van der Waals surface area contributed by atoms with E-state index in [1.807, 2.05) is 52.0 Å². The summed E-state index contributed by atoms with van der Waals surface area (Å²) < 4.78 is 40.2. The fourth-order valence-electron chi connectivity index (χ4n) is 3.65. The molecule has 2 aromatic carbocycles. The van der Waals surface area contributed by atoms with E-state index in [0.29, 0.717) is 17.5 Å². The first-order valence-corrected chi connectivity index (χ1v) is 11.7. The lowest BCUT2D eigenvalue weighted by Crippen LogP contribution is -2.41. The zero-order valence-corrected chi connectivity index (χ0v) is 20.4. The summed E-state index contributed by atoms with van der Waals surface area (Å²) in [6, 6.07) is 11.8. The lowest BCUT2D eigenvalue weighted by Gasteiger charge is -2.32. The molecule has 0 saturated carbocycles. The number of halogens is 3. The maximum Gasteiger partial charge on any atom is 0.494 e. The number of nitrogens with zero attached hydrogens (tertiary/aromatic N) is 1. The standard InChI is InChI=1S/C22H24BF2NO2.C2H4BrN/c1-21(2)22(3,4)28-23(27-21)15-10-8-14(9-11-15)18-12-13-19(26-18)20-16(24)6-5-7-17(20)25;3-1-2-4/h5-11,18H,12-13H2,1-4H3;2,4H,1H2. The van der Waals surface area contributed by atoms with Crippen LogP contribution in [0.5, 0.6) is 0 Å². The van der Waals surface area contributed by atoms with Crippen molar-refractivity contribution in [3.05, 3.63) is 65.2 Å². The molecule has 170 valence electrons. The van der Waals surface area contributed by atoms with Crippen molar-refractivity contribution in [2.24, 2.45) is 4.99 Å². The topological polar surface area (TPSA) is 54.7 Å². The number of alkyl halides is 1. The number of hydrogen-bond donors (Lipinski definition) is 1. The minimum atomic E-state index is -0.560. The van der Waals surface area contributed by atoms with E-state index in [1.54, 1.807) is 0 Å². The van der Waals surface area contributed by atoms with E-state index in [2.05, 4.69) is 20.9 Å². The Kier molecular flexibility index (Phi) is 7.68. The lowest BCUT2D eigenvalue weighted by molar-refractivity contribution is 0.00578. The van der Waals surface area contributed by atoms with Gasteiger partial charge < -0.3 is 14.7 Å². The van der Waals surface area contributed by atoms with Crippen molar-refractivity contribution in [2.45, 2.75) is 57.8 Å². The van der Waals surface area contributed by atoms with E-state index < -0.39 is 18.8 Å². The molecule has 0 spiro atoms. The Balaban J connectivity index is 0.000000668. The van der Waals surface area contributed by atoms with Gasteiger partial charge >= 0.3 is 7.12 Å². The summed E-state index contributed by atoms with van der Waals surface area (Å²) in [5, 5.41) is 6.95. The highest BCUT2D eigenvalue weighted by Gasteiger charge is 2.51. The van der Waals surface area contributed by atoms with Crippen LogP contribution in [0.2, 0.25) is 0 Å². The van der Waals surface area contributed by atoms with Crippen LogP contribution in [-0.2, 0) is 9.31 Å². The van der Waals surface area contributed by atoms with Crippen LogP contribution < -0.4 is 5.46 Å². The highest BCUT2D eigenvalue weighted by atomic mass is 79.9. The molecule has 4 rings (SSSR count). The van der Waals surface area contributed by atoms with Gasteiger partial charge in [0.1, 0.15) is 11.6 Å². The molecule has 1 unspecified atom stereocenters. The summed E-state index contributed by atoms with van der Waals surface area (Å²) in [6.07, 6.45) is 2.58. The second kappa shape index (κ2) is 9.93. The van der Waals surface area contributed by atoms with Gasteiger partial charge in [-0.15, -0.1) is 0 Å². The highest BCUT2D eigenvalue weighted by Crippen LogP contribution is 2.37. The van der Waals surface area contributed by atoms with Gasteiger partial charge in [-0.1, -0.05) is 46.3 Å². The predicted octanol–water partition coefficient (Wildman–Crippen LogP) is 5.62. The maximum absolute atomic E-state index is 14.0. The number of benzene rings is 2. The van der Waals surface area contributed by atoms with E-state index >= 15 is 0 Å². The largest absolute Gasteiger partial charge is 0.494 e. The molecular weight excluding hydrogens is 477 g/mol. The van der Waals surface area contributed by atoms with Gasteiger partial charge in [-0.25, -0.2) is 8.78 Å². The van der Waals surface area contributed by atoms with Crippen molar-refractivity contribution in [1.82, 2.24) is 0 Å². The smallest absolute Gasteiger partial charge is 0.399 e. The van der Waals surface area contributed by atoms with Crippen LogP contribution in [0.15, 0.2) is 47.5 Å². The Bertz CT molecular complexity index is 960. The van der Waals surface area contributed by atoms with E-state index in [4.69, 9.17) is 14.7 Å². The van der Waals surface area contributed by atoms with Crippen LogP contribution in [0.3, 0.4) is 0 Å². The van der Waals surface area contributed by atoms with Crippen LogP contribution in [-0.4, -0.2) is 35.6 Å². The van der Waals surface area contributed by atoms with Crippen molar-refractivity contribution in [1.29, 1.82) is 5.41 Å². The van der Waals surface area contributed by atoms with Crippen molar-refractivity contribution in [3.8, 4) is 0 Å². The Morgan fingerprint density at radius 3 is 2.09 bits per heavy atom. The summed E-state index contributed by atoms with van der Waals surface area (Å²) in [6.45, 7) is 8.10. The highest BCUT2D eigenvalue weighted by molar-refractivity contribution is 9.09. The summed E-state index contributed by atoms with van der Waals surface area (Å²) in [4.78, 5) is 4.60. The third kappa shape index (κ3) is 5.19. The van der Waals surface area contributed by atoms with Crippen molar-refractivity contribution >= 4 is 40.4 Å². The van der Waals surface area contributed by atoms with Gasteiger partial charge in [0.25, 0.3) is 0 Å². The molecule has 32 heavy (non-hydrogen) atoms. The average Bonchev–Trinajstić information content (AvgIpc) is 3.30. The first-order valence-electron chi connectivity index (χ1n) is 10.6. The maximum atomic E-state index is 14.0. The summed E-state index contributed by atoms with van der Waals surface area (Å²) in [7, 11) is -0.408. The zero-order valence-electron chi connectivity index (χ0n) is 18.8. The van der Waals surface area contributed by atoms with E-state index in [0.717, 1.165) is 17.4 Å². The molecule has 2 heterocycles. The van der Waals surface area contributed by atoms with E-state index in [-0.39, 0.29) is 22.8 Å². The fourth-order valence-corrected chi connectivity index (χ4v) is 3.65. The fraction of sp³-hybridized carbons (Fsp3) is 0.417. The van der Waals surface area contributed by atoms with Crippen LogP contribution in [0.4, 0.5) is 8.78 Å². The second-order valence-corrected chi connectivity index (χ2v) is 9.49. The molecule has 0 amide bonds. The third-order valence-corrected chi connectivity index (χ3v) is 6.47. The van der Waals surface area contributed by atoms with E-state index in [9.17, 15) is 8.78 Å². The first-order chi connectivity index (χ1) is 15.1. The molecule has 0 aliphatic carbocycles. The van der Waals surface area contributed by atoms with Gasteiger partial charge in [0.2, 0.25) is 0 Å². The van der Waals surface area contributed by atoms with Gasteiger partial charge in [-0.2, -0.15) is 0 Å². The number of hydrogen-bond acceptors (Lipinski definition) is 4. The average molecular weight is 505 g/mol. The number of aliphatic imine (C=N–C) groups is 1. The molecule has 1 N–H and O–H groups in total. The Labute approximate surface area is 197 Å². The van der Waals surface area contributed by atoms with Gasteiger partial charge in [0, 0.05) is 17.3 Å². The molecule has 2 aromatic rings. The molecule has 0 bridgehead atoms. The molecule has 4 nitrogen and oxygen atoms in total. The number of rotatable bonds is 4.